The number of ether oxygens (including phenoxy) is 2. The number of aromatic nitrogens is 4. The fourth-order valence-electron chi connectivity index (χ4n) is 9.21. The van der Waals surface area contributed by atoms with E-state index in [2.05, 4.69) is 69.1 Å². The predicted molar refractivity (Wildman–Crippen MR) is 208 cm³/mol. The minimum absolute atomic E-state index is 0.0389. The Labute approximate surface area is 326 Å². The summed E-state index contributed by atoms with van der Waals surface area (Å²) in [5.74, 6) is 1.67. The van der Waals surface area contributed by atoms with Gasteiger partial charge in [-0.2, -0.15) is 0 Å². The number of methoxy groups -OCH3 is 2. The average Bonchev–Trinajstić information content (AvgIpc) is 4.08. The maximum absolute atomic E-state index is 13.6. The summed E-state index contributed by atoms with van der Waals surface area (Å²) >= 11 is 0. The molecule has 0 spiro atoms. The molecule has 2 aromatic heterocycles. The molecule has 0 bridgehead atoms. The van der Waals surface area contributed by atoms with Gasteiger partial charge in [0.05, 0.1) is 50.1 Å². The lowest BCUT2D eigenvalue weighted by Gasteiger charge is -2.26. The van der Waals surface area contributed by atoms with Gasteiger partial charge in [-0.25, -0.2) is 19.6 Å². The van der Waals surface area contributed by atoms with Crippen molar-refractivity contribution in [2.75, 3.05) is 27.3 Å². The number of alkyl carbamates (subject to hydrolysis) is 2. The molecule has 4 fully saturated rings. The minimum Gasteiger partial charge on any atom is -0.453 e. The van der Waals surface area contributed by atoms with Gasteiger partial charge < -0.3 is 39.9 Å². The zero-order valence-electron chi connectivity index (χ0n) is 32.0. The molecule has 4 heterocycles. The van der Waals surface area contributed by atoms with Crippen molar-refractivity contribution in [3.8, 4) is 33.6 Å². The van der Waals surface area contributed by atoms with Crippen LogP contribution in [0, 0.1) is 11.8 Å². The van der Waals surface area contributed by atoms with Crippen molar-refractivity contribution in [2.24, 2.45) is 11.8 Å². The van der Waals surface area contributed by atoms with Gasteiger partial charge >= 0.3 is 12.2 Å². The molecule has 0 unspecified atom stereocenters. The Morgan fingerprint density at radius 1 is 0.589 bits per heavy atom. The summed E-state index contributed by atoms with van der Waals surface area (Å²) in [5.41, 5.74) is 6.02. The van der Waals surface area contributed by atoms with Crippen molar-refractivity contribution in [1.82, 2.24) is 40.4 Å². The van der Waals surface area contributed by atoms with E-state index in [1.165, 1.54) is 14.2 Å². The molecule has 4 N–H and O–H groups in total. The van der Waals surface area contributed by atoms with Gasteiger partial charge in [0.1, 0.15) is 11.6 Å². The van der Waals surface area contributed by atoms with E-state index in [0.717, 1.165) is 96.7 Å². The number of benzene rings is 2. The van der Waals surface area contributed by atoms with E-state index in [-0.39, 0.29) is 47.8 Å². The SMILES string of the molecule is COC(=O)N[C@@H]1CC[C@H](C(=O)N2CCC[C@H]2c2ncc(-c3ccc(-c4ccc(-c5cnc([C@@H]6CCCN6C(=O)[C@H]6CC[C@@H](NC(=O)OC)C6)[nH]5)cc4)cc3)[nH]2)C1. The molecule has 0 radical (unpaired) electrons. The largest absolute Gasteiger partial charge is 0.453 e. The van der Waals surface area contributed by atoms with Crippen LogP contribution in [0.15, 0.2) is 60.9 Å². The molecule has 8 rings (SSSR count). The third kappa shape index (κ3) is 7.74. The van der Waals surface area contributed by atoms with E-state index in [9.17, 15) is 19.2 Å². The van der Waals surface area contributed by atoms with Crippen LogP contribution in [-0.2, 0) is 19.1 Å². The number of rotatable bonds is 9. The number of carbonyl (C=O) groups excluding carboxylic acids is 4. The molecule has 56 heavy (non-hydrogen) atoms. The number of carbonyl (C=O) groups is 4. The Hall–Kier alpha value is -5.66. The lowest BCUT2D eigenvalue weighted by atomic mass is 10.0. The summed E-state index contributed by atoms with van der Waals surface area (Å²) in [5, 5.41) is 5.69. The second-order valence-corrected chi connectivity index (χ2v) is 15.6. The van der Waals surface area contributed by atoms with Crippen LogP contribution >= 0.6 is 0 Å². The molecule has 4 amide bonds. The second kappa shape index (κ2) is 16.2. The van der Waals surface area contributed by atoms with Crippen LogP contribution in [-0.4, -0.2) is 93.1 Å². The van der Waals surface area contributed by atoms with Crippen LogP contribution < -0.4 is 10.6 Å². The van der Waals surface area contributed by atoms with Gasteiger partial charge in [-0.3, -0.25) is 9.59 Å². The number of amides is 4. The van der Waals surface area contributed by atoms with Crippen molar-refractivity contribution in [1.29, 1.82) is 0 Å². The molecule has 14 heteroatoms. The number of H-pyrrole nitrogens is 2. The van der Waals surface area contributed by atoms with Gasteiger partial charge in [-0.05, 0) is 86.5 Å². The molecular formula is C42H50N8O6. The van der Waals surface area contributed by atoms with Gasteiger partial charge in [-0.1, -0.05) is 48.5 Å². The number of hydrogen-bond donors (Lipinski definition) is 4. The highest BCUT2D eigenvalue weighted by molar-refractivity contribution is 5.81. The van der Waals surface area contributed by atoms with Crippen LogP contribution in [0.5, 0.6) is 0 Å². The fraction of sp³-hybridized carbons (Fsp3) is 0.476. The standard InChI is InChI=1S/C42H50N8O6/c1-55-41(53)45-31-17-15-29(21-31)39(51)49-19-3-5-35(49)37-43-23-33(47-37)27-11-7-25(8-12-27)26-9-13-28(14-10-26)34-24-44-38(48-34)36-6-4-20-50(36)40(52)30-16-18-32(22-30)46-42(54)56-2/h7-14,23-24,29-32,35-36H,3-6,15-22H2,1-2H3,(H,43,47)(H,44,48)(H,45,53)(H,46,54)/t29-,30-,31+,32+,35-,36-/m0/s1. The molecule has 294 valence electrons. The average molecular weight is 763 g/mol. The number of nitrogens with one attached hydrogen (secondary N) is 4. The number of likely N-dealkylation sites (tertiary alicyclic amines) is 2. The summed E-state index contributed by atoms with van der Waals surface area (Å²) in [6.45, 7) is 1.42. The number of hydrogen-bond acceptors (Lipinski definition) is 8. The summed E-state index contributed by atoms with van der Waals surface area (Å²) in [7, 11) is 2.70. The molecule has 2 aromatic carbocycles. The smallest absolute Gasteiger partial charge is 0.407 e. The third-order valence-corrected chi connectivity index (χ3v) is 12.2. The summed E-state index contributed by atoms with van der Waals surface area (Å²) < 4.78 is 9.47. The number of nitrogens with zero attached hydrogens (tertiary/aromatic N) is 4. The Morgan fingerprint density at radius 2 is 0.982 bits per heavy atom. The maximum Gasteiger partial charge on any atom is 0.407 e. The van der Waals surface area contributed by atoms with E-state index >= 15 is 0 Å². The van der Waals surface area contributed by atoms with Gasteiger partial charge in [0.25, 0.3) is 0 Å². The molecule has 4 aliphatic rings. The minimum atomic E-state index is -0.452. The molecule has 2 aliphatic carbocycles. The molecule has 2 saturated carbocycles. The molecule has 2 saturated heterocycles. The maximum atomic E-state index is 13.6. The predicted octanol–water partition coefficient (Wildman–Crippen LogP) is 6.51. The highest BCUT2D eigenvalue weighted by Crippen LogP contribution is 2.38. The van der Waals surface area contributed by atoms with Crippen LogP contribution in [0.4, 0.5) is 9.59 Å². The van der Waals surface area contributed by atoms with Gasteiger partial charge in [0, 0.05) is 37.0 Å². The number of imidazole rings is 2. The summed E-state index contributed by atoms with van der Waals surface area (Å²) in [6.07, 6.45) is 10.7. The Bertz CT molecular complexity index is 1900. The Morgan fingerprint density at radius 3 is 1.38 bits per heavy atom. The monoisotopic (exact) mass is 762 g/mol. The van der Waals surface area contributed by atoms with E-state index in [4.69, 9.17) is 19.4 Å². The molecule has 14 nitrogen and oxygen atoms in total. The Balaban J connectivity index is 0.875. The number of aromatic amines is 2. The highest BCUT2D eigenvalue weighted by atomic mass is 16.5. The summed E-state index contributed by atoms with van der Waals surface area (Å²) in [4.78, 5) is 70.8. The van der Waals surface area contributed by atoms with Crippen molar-refractivity contribution < 1.29 is 28.7 Å². The molecule has 6 atom stereocenters. The van der Waals surface area contributed by atoms with E-state index in [1.54, 1.807) is 0 Å². The van der Waals surface area contributed by atoms with Crippen LogP contribution in [0.3, 0.4) is 0 Å². The van der Waals surface area contributed by atoms with E-state index in [1.807, 2.05) is 22.2 Å². The van der Waals surface area contributed by atoms with Crippen molar-refractivity contribution in [2.45, 2.75) is 88.4 Å². The Kier molecular flexibility index (Phi) is 10.8. The highest BCUT2D eigenvalue weighted by Gasteiger charge is 2.40. The first-order valence-electron chi connectivity index (χ1n) is 19.9. The topological polar surface area (TPSA) is 175 Å². The quantitative estimate of drug-likeness (QED) is 0.149. The first-order valence-corrected chi connectivity index (χ1v) is 19.9. The van der Waals surface area contributed by atoms with Crippen molar-refractivity contribution in [3.05, 3.63) is 72.6 Å². The lowest BCUT2D eigenvalue weighted by Crippen LogP contribution is -2.37. The fourth-order valence-corrected chi connectivity index (χ4v) is 9.21. The molecule has 2 aliphatic heterocycles. The zero-order chi connectivity index (χ0) is 38.8. The van der Waals surface area contributed by atoms with Crippen LogP contribution in [0.25, 0.3) is 33.6 Å². The first kappa shape index (κ1) is 37.3. The first-order chi connectivity index (χ1) is 27.3. The second-order valence-electron chi connectivity index (χ2n) is 15.6. The molecular weight excluding hydrogens is 713 g/mol. The van der Waals surface area contributed by atoms with Gasteiger partial charge in [0.2, 0.25) is 11.8 Å². The van der Waals surface area contributed by atoms with Crippen molar-refractivity contribution >= 4 is 24.0 Å². The zero-order valence-corrected chi connectivity index (χ0v) is 32.0. The van der Waals surface area contributed by atoms with E-state index < -0.39 is 12.2 Å². The van der Waals surface area contributed by atoms with Gasteiger partial charge in [0.15, 0.2) is 0 Å². The lowest BCUT2D eigenvalue weighted by molar-refractivity contribution is -0.137. The van der Waals surface area contributed by atoms with Crippen LogP contribution in [0.1, 0.15) is 87.9 Å². The third-order valence-electron chi connectivity index (χ3n) is 12.2. The normalized spacial score (nSPS) is 24.7. The van der Waals surface area contributed by atoms with Crippen molar-refractivity contribution in [3.63, 3.8) is 0 Å². The van der Waals surface area contributed by atoms with Gasteiger partial charge in [-0.15, -0.1) is 0 Å². The summed E-state index contributed by atoms with van der Waals surface area (Å²) in [6, 6.07) is 16.5. The van der Waals surface area contributed by atoms with Crippen LogP contribution in [0.2, 0.25) is 0 Å². The van der Waals surface area contributed by atoms with E-state index in [0.29, 0.717) is 25.9 Å². The molecule has 4 aromatic rings.